The van der Waals surface area contributed by atoms with Crippen molar-refractivity contribution in [2.24, 2.45) is 11.8 Å². The first-order valence-corrected chi connectivity index (χ1v) is 11.9. The smallest absolute Gasteiger partial charge is 0.405 e. The SMILES string of the molecule is Cc1nc(C(=O)N2C[C@@H]3C[C@@H]3[C@H]2CNC(=O)Oc2c(C)noc2C)c(-c2cccc(Cl)c2)s1. The number of carbonyl (C=O) groups is 2. The summed E-state index contributed by atoms with van der Waals surface area (Å²) in [5, 5.41) is 8.02. The van der Waals surface area contributed by atoms with Crippen molar-refractivity contribution < 1.29 is 18.8 Å². The quantitative estimate of drug-likeness (QED) is 0.564. The number of aromatic nitrogens is 2. The second-order valence-corrected chi connectivity index (χ2v) is 10.2. The van der Waals surface area contributed by atoms with E-state index >= 15 is 0 Å². The van der Waals surface area contributed by atoms with Crippen molar-refractivity contribution in [3.05, 3.63) is 51.4 Å². The summed E-state index contributed by atoms with van der Waals surface area (Å²) >= 11 is 7.65. The third-order valence-corrected chi connectivity index (χ3v) is 7.46. The molecule has 0 unspecified atom stereocenters. The molecule has 1 saturated heterocycles. The highest BCUT2D eigenvalue weighted by Gasteiger charge is 2.54. The number of ether oxygens (including phenoxy) is 1. The van der Waals surface area contributed by atoms with Gasteiger partial charge in [-0.05, 0) is 49.8 Å². The highest BCUT2D eigenvalue weighted by Crippen LogP contribution is 2.50. The summed E-state index contributed by atoms with van der Waals surface area (Å²) in [5.41, 5.74) is 1.82. The number of hydrogen-bond acceptors (Lipinski definition) is 7. The Balaban J connectivity index is 1.32. The van der Waals surface area contributed by atoms with Crippen LogP contribution in [0.3, 0.4) is 0 Å². The van der Waals surface area contributed by atoms with Crippen molar-refractivity contribution in [3.63, 3.8) is 0 Å². The van der Waals surface area contributed by atoms with E-state index in [0.717, 1.165) is 21.9 Å². The molecule has 2 amide bonds. The fourth-order valence-electron chi connectivity index (χ4n) is 4.54. The normalized spacial score (nSPS) is 21.1. The third kappa shape index (κ3) is 4.22. The van der Waals surface area contributed by atoms with Crippen molar-refractivity contribution in [2.45, 2.75) is 33.2 Å². The molecule has 3 atom stereocenters. The summed E-state index contributed by atoms with van der Waals surface area (Å²) in [6, 6.07) is 7.34. The molecule has 1 aliphatic carbocycles. The van der Waals surface area contributed by atoms with Gasteiger partial charge in [0.05, 0.1) is 15.9 Å². The number of aryl methyl sites for hydroxylation is 3. The summed E-state index contributed by atoms with van der Waals surface area (Å²) in [5.74, 6) is 1.49. The van der Waals surface area contributed by atoms with Gasteiger partial charge in [-0.25, -0.2) is 9.78 Å². The van der Waals surface area contributed by atoms with Crippen LogP contribution < -0.4 is 10.1 Å². The number of piperidine rings is 1. The van der Waals surface area contributed by atoms with E-state index in [0.29, 0.717) is 52.8 Å². The summed E-state index contributed by atoms with van der Waals surface area (Å²) < 4.78 is 10.4. The van der Waals surface area contributed by atoms with E-state index in [-0.39, 0.29) is 11.9 Å². The Hall–Kier alpha value is -2.91. The fourth-order valence-corrected chi connectivity index (χ4v) is 5.63. The lowest BCUT2D eigenvalue weighted by Gasteiger charge is -2.27. The lowest BCUT2D eigenvalue weighted by Crippen LogP contribution is -2.46. The van der Waals surface area contributed by atoms with E-state index in [1.54, 1.807) is 19.9 Å². The molecule has 0 bridgehead atoms. The van der Waals surface area contributed by atoms with Gasteiger partial charge in [-0.3, -0.25) is 4.79 Å². The van der Waals surface area contributed by atoms with Crippen LogP contribution in [0, 0.1) is 32.6 Å². The van der Waals surface area contributed by atoms with Crippen molar-refractivity contribution in [1.82, 2.24) is 20.4 Å². The first-order chi connectivity index (χ1) is 15.8. The van der Waals surface area contributed by atoms with Crippen LogP contribution >= 0.6 is 22.9 Å². The molecule has 2 fully saturated rings. The largest absolute Gasteiger partial charge is 0.412 e. The third-order valence-electron chi connectivity index (χ3n) is 6.21. The van der Waals surface area contributed by atoms with Gasteiger partial charge in [-0.15, -0.1) is 11.3 Å². The minimum Gasteiger partial charge on any atom is -0.405 e. The number of thiazole rings is 1. The number of hydrogen-bond donors (Lipinski definition) is 1. The zero-order valence-corrected chi connectivity index (χ0v) is 20.0. The molecule has 1 N–H and O–H groups in total. The van der Waals surface area contributed by atoms with Crippen LogP contribution in [0.5, 0.6) is 5.75 Å². The molecule has 3 aromatic rings. The van der Waals surface area contributed by atoms with Crippen molar-refractivity contribution in [3.8, 4) is 16.2 Å². The van der Waals surface area contributed by atoms with Crippen LogP contribution in [-0.4, -0.2) is 46.2 Å². The Morgan fingerprint density at radius 2 is 2.15 bits per heavy atom. The lowest BCUT2D eigenvalue weighted by atomic mass is 10.1. The van der Waals surface area contributed by atoms with E-state index in [4.69, 9.17) is 20.9 Å². The van der Waals surface area contributed by atoms with Gasteiger partial charge in [0.15, 0.2) is 11.5 Å². The van der Waals surface area contributed by atoms with Crippen molar-refractivity contribution in [1.29, 1.82) is 0 Å². The van der Waals surface area contributed by atoms with Crippen LogP contribution in [0.2, 0.25) is 5.02 Å². The molecule has 1 saturated carbocycles. The predicted molar refractivity (Wildman–Crippen MR) is 124 cm³/mol. The van der Waals surface area contributed by atoms with Gasteiger partial charge in [0, 0.05) is 25.0 Å². The second kappa shape index (κ2) is 8.46. The van der Waals surface area contributed by atoms with Gasteiger partial charge in [0.25, 0.3) is 5.91 Å². The van der Waals surface area contributed by atoms with Gasteiger partial charge < -0.3 is 19.5 Å². The Morgan fingerprint density at radius 3 is 2.88 bits per heavy atom. The van der Waals surface area contributed by atoms with E-state index in [9.17, 15) is 9.59 Å². The molecule has 5 rings (SSSR count). The Labute approximate surface area is 199 Å². The topological polar surface area (TPSA) is 97.6 Å². The number of amides is 2. The zero-order valence-electron chi connectivity index (χ0n) is 18.4. The lowest BCUT2D eigenvalue weighted by molar-refractivity contribution is 0.0700. The van der Waals surface area contributed by atoms with Crippen LogP contribution in [0.25, 0.3) is 10.4 Å². The molecule has 172 valence electrons. The number of fused-ring (bicyclic) bond motifs is 1. The highest BCUT2D eigenvalue weighted by atomic mass is 35.5. The molecule has 33 heavy (non-hydrogen) atoms. The molecule has 0 radical (unpaired) electrons. The zero-order chi connectivity index (χ0) is 23.3. The van der Waals surface area contributed by atoms with Crippen molar-refractivity contribution in [2.75, 3.05) is 13.1 Å². The number of nitrogens with zero attached hydrogens (tertiary/aromatic N) is 3. The first-order valence-electron chi connectivity index (χ1n) is 10.7. The summed E-state index contributed by atoms with van der Waals surface area (Å²) in [6.45, 7) is 6.26. The van der Waals surface area contributed by atoms with Crippen LogP contribution in [0.4, 0.5) is 4.79 Å². The van der Waals surface area contributed by atoms with Gasteiger partial charge >= 0.3 is 6.09 Å². The number of rotatable bonds is 5. The van der Waals surface area contributed by atoms with E-state index in [1.807, 2.05) is 30.0 Å². The van der Waals surface area contributed by atoms with Crippen LogP contribution in [0.15, 0.2) is 28.8 Å². The molecular weight excluding hydrogens is 464 g/mol. The number of halogens is 1. The number of benzene rings is 1. The molecule has 1 aromatic carbocycles. The van der Waals surface area contributed by atoms with Crippen LogP contribution in [0.1, 0.15) is 33.4 Å². The molecular formula is C23H23ClN4O4S. The average Bonchev–Trinajstić information content (AvgIpc) is 3.12. The molecule has 2 aromatic heterocycles. The highest BCUT2D eigenvalue weighted by molar-refractivity contribution is 7.15. The molecule has 0 spiro atoms. The molecule has 10 heteroatoms. The maximum atomic E-state index is 13.6. The molecule has 8 nitrogen and oxygen atoms in total. The van der Waals surface area contributed by atoms with Gasteiger partial charge in [0.2, 0.25) is 0 Å². The maximum absolute atomic E-state index is 13.6. The number of carbonyl (C=O) groups excluding carboxylic acids is 2. The minimum atomic E-state index is -0.593. The Morgan fingerprint density at radius 1 is 1.33 bits per heavy atom. The van der Waals surface area contributed by atoms with E-state index in [1.165, 1.54) is 11.3 Å². The fraction of sp³-hybridized carbons (Fsp3) is 0.391. The Kier molecular flexibility index (Phi) is 5.62. The number of likely N-dealkylation sites (tertiary alicyclic amines) is 1. The van der Waals surface area contributed by atoms with Crippen molar-refractivity contribution >= 4 is 34.9 Å². The van der Waals surface area contributed by atoms with E-state index in [2.05, 4.69) is 15.5 Å². The standard InChI is InChI=1S/C23H23ClN4O4S/c1-11-20(12(2)32-27-11)31-23(30)25-9-18-17-8-15(17)10-28(18)22(29)19-21(33-13(3)26-19)14-5-4-6-16(24)7-14/h4-7,15,17-18H,8-10H2,1-3H3,(H,25,30)/t15-,17-,18+/m0/s1. The molecule has 2 aliphatic rings. The first kappa shape index (κ1) is 21.9. The average molecular weight is 487 g/mol. The molecule has 1 aliphatic heterocycles. The predicted octanol–water partition coefficient (Wildman–Crippen LogP) is 4.63. The van der Waals surface area contributed by atoms with Gasteiger partial charge in [0.1, 0.15) is 11.4 Å². The summed E-state index contributed by atoms with van der Waals surface area (Å²) in [7, 11) is 0. The minimum absolute atomic E-state index is 0.103. The molecule has 3 heterocycles. The monoisotopic (exact) mass is 486 g/mol. The van der Waals surface area contributed by atoms with E-state index < -0.39 is 6.09 Å². The van der Waals surface area contributed by atoms with Gasteiger partial charge in [-0.2, -0.15) is 0 Å². The van der Waals surface area contributed by atoms with Crippen LogP contribution in [-0.2, 0) is 0 Å². The second-order valence-electron chi connectivity index (χ2n) is 8.53. The number of nitrogens with one attached hydrogen (secondary N) is 1. The van der Waals surface area contributed by atoms with Gasteiger partial charge in [-0.1, -0.05) is 28.9 Å². The Bertz CT molecular complexity index is 1220. The summed E-state index contributed by atoms with van der Waals surface area (Å²) in [6.07, 6.45) is 0.469. The summed E-state index contributed by atoms with van der Waals surface area (Å²) in [4.78, 5) is 33.2. The maximum Gasteiger partial charge on any atom is 0.412 e.